The van der Waals surface area contributed by atoms with Crippen molar-refractivity contribution < 1.29 is 9.59 Å². The average Bonchev–Trinajstić information content (AvgIpc) is 2.83. The van der Waals surface area contributed by atoms with Crippen molar-refractivity contribution in [3.8, 4) is 0 Å². The molecule has 0 saturated carbocycles. The normalized spacial score (nSPS) is 14.4. The third-order valence-corrected chi connectivity index (χ3v) is 4.30. The summed E-state index contributed by atoms with van der Waals surface area (Å²) in [5.74, 6) is 0.122. The summed E-state index contributed by atoms with van der Waals surface area (Å²) in [7, 11) is 0. The molecule has 0 atom stereocenters. The van der Waals surface area contributed by atoms with Crippen molar-refractivity contribution in [2.75, 3.05) is 25.4 Å². The molecule has 1 saturated heterocycles. The third-order valence-electron chi connectivity index (χ3n) is 4.30. The summed E-state index contributed by atoms with van der Waals surface area (Å²) in [6.07, 6.45) is 6.02. The van der Waals surface area contributed by atoms with Crippen molar-refractivity contribution in [3.05, 3.63) is 29.8 Å². The second-order valence-electron chi connectivity index (χ2n) is 6.09. The minimum atomic E-state index is -0.0306. The fourth-order valence-corrected chi connectivity index (χ4v) is 2.89. The lowest BCUT2D eigenvalue weighted by atomic mass is 10.1. The van der Waals surface area contributed by atoms with Gasteiger partial charge in [-0.2, -0.15) is 0 Å². The lowest BCUT2D eigenvalue weighted by Crippen LogP contribution is -2.35. The molecule has 0 radical (unpaired) electrons. The van der Waals surface area contributed by atoms with Crippen LogP contribution in [0.5, 0.6) is 0 Å². The number of hydrogen-bond acceptors (Lipinski definition) is 3. The first-order valence-corrected chi connectivity index (χ1v) is 8.54. The van der Waals surface area contributed by atoms with Crippen LogP contribution in [0.25, 0.3) is 0 Å². The lowest BCUT2D eigenvalue weighted by molar-refractivity contribution is -0.131. The Balaban J connectivity index is 0.00000288. The first kappa shape index (κ1) is 20.3. The Bertz CT molecular complexity index is 529. The number of nitrogen functional groups attached to an aromatic ring is 1. The standard InChI is InChI=1S/C18H27N3O2.ClH/c19-16-8-4-3-7-15(16)9-10-17(22)20-12-11-18(23)21-13-5-1-2-6-14-21;/h3-4,7-8H,1-2,5-6,9-14,19H2,(H,20,22);1H. The molecule has 0 bridgehead atoms. The van der Waals surface area contributed by atoms with Crippen LogP contribution >= 0.6 is 12.4 Å². The molecule has 134 valence electrons. The second kappa shape index (κ2) is 10.9. The van der Waals surface area contributed by atoms with Crippen LogP contribution in [0.4, 0.5) is 5.69 Å². The fourth-order valence-electron chi connectivity index (χ4n) is 2.89. The zero-order valence-corrected chi connectivity index (χ0v) is 14.9. The summed E-state index contributed by atoms with van der Waals surface area (Å²) in [6.45, 7) is 2.14. The van der Waals surface area contributed by atoms with Gasteiger partial charge in [0.25, 0.3) is 0 Å². The number of aryl methyl sites for hydroxylation is 1. The second-order valence-corrected chi connectivity index (χ2v) is 6.09. The molecular formula is C18H28ClN3O2. The van der Waals surface area contributed by atoms with Gasteiger partial charge in [0.15, 0.2) is 0 Å². The van der Waals surface area contributed by atoms with Gasteiger partial charge in [0.2, 0.25) is 11.8 Å². The van der Waals surface area contributed by atoms with Gasteiger partial charge in [-0.1, -0.05) is 31.0 Å². The van der Waals surface area contributed by atoms with Crippen LogP contribution < -0.4 is 11.1 Å². The molecule has 24 heavy (non-hydrogen) atoms. The molecule has 2 rings (SSSR count). The number of carbonyl (C=O) groups excluding carboxylic acids is 2. The third kappa shape index (κ3) is 6.79. The SMILES string of the molecule is Cl.Nc1ccccc1CCC(=O)NCCC(=O)N1CCCCCC1. The molecule has 0 unspecified atom stereocenters. The van der Waals surface area contributed by atoms with Gasteiger partial charge in [0.1, 0.15) is 0 Å². The number of halogens is 1. The van der Waals surface area contributed by atoms with Gasteiger partial charge in [0, 0.05) is 38.2 Å². The van der Waals surface area contributed by atoms with Gasteiger partial charge in [-0.05, 0) is 30.9 Å². The van der Waals surface area contributed by atoms with Crippen molar-refractivity contribution in [1.29, 1.82) is 0 Å². The van der Waals surface area contributed by atoms with E-state index in [0.29, 0.717) is 25.8 Å². The maximum atomic E-state index is 12.1. The van der Waals surface area contributed by atoms with Crippen molar-refractivity contribution in [2.24, 2.45) is 0 Å². The van der Waals surface area contributed by atoms with Gasteiger partial charge in [-0.25, -0.2) is 0 Å². The quantitative estimate of drug-likeness (QED) is 0.771. The summed E-state index contributed by atoms with van der Waals surface area (Å²) in [5, 5.41) is 2.83. The minimum Gasteiger partial charge on any atom is -0.399 e. The van der Waals surface area contributed by atoms with E-state index in [9.17, 15) is 9.59 Å². The van der Waals surface area contributed by atoms with Crippen LogP contribution in [0, 0.1) is 0 Å². The van der Waals surface area contributed by atoms with Crippen LogP contribution in [0.2, 0.25) is 0 Å². The van der Waals surface area contributed by atoms with Crippen LogP contribution in [0.1, 0.15) is 44.1 Å². The molecule has 0 aromatic heterocycles. The van der Waals surface area contributed by atoms with Crippen molar-refractivity contribution >= 4 is 29.9 Å². The number of likely N-dealkylation sites (tertiary alicyclic amines) is 1. The minimum absolute atomic E-state index is 0. The van der Waals surface area contributed by atoms with Crippen LogP contribution in [0.3, 0.4) is 0 Å². The number of rotatable bonds is 6. The molecule has 0 spiro atoms. The first-order chi connectivity index (χ1) is 11.2. The molecule has 6 heteroatoms. The number of nitrogens with one attached hydrogen (secondary N) is 1. The van der Waals surface area contributed by atoms with E-state index in [2.05, 4.69) is 5.32 Å². The Morgan fingerprint density at radius 1 is 1.04 bits per heavy atom. The average molecular weight is 354 g/mol. The first-order valence-electron chi connectivity index (χ1n) is 8.54. The Morgan fingerprint density at radius 2 is 1.71 bits per heavy atom. The summed E-state index contributed by atoms with van der Waals surface area (Å²) in [4.78, 5) is 25.9. The predicted molar refractivity (Wildman–Crippen MR) is 99.1 cm³/mol. The zero-order chi connectivity index (χ0) is 16.5. The highest BCUT2D eigenvalue weighted by Gasteiger charge is 2.15. The maximum absolute atomic E-state index is 12.1. The topological polar surface area (TPSA) is 75.4 Å². The monoisotopic (exact) mass is 353 g/mol. The molecule has 1 fully saturated rings. The van der Waals surface area contributed by atoms with E-state index in [0.717, 1.165) is 37.2 Å². The number of hydrogen-bond donors (Lipinski definition) is 2. The molecule has 1 heterocycles. The molecule has 0 aliphatic carbocycles. The largest absolute Gasteiger partial charge is 0.399 e. The molecule has 2 amide bonds. The van der Waals surface area contributed by atoms with Gasteiger partial charge >= 0.3 is 0 Å². The number of anilines is 1. The van der Waals surface area contributed by atoms with E-state index < -0.39 is 0 Å². The smallest absolute Gasteiger partial charge is 0.224 e. The predicted octanol–water partition coefficient (Wildman–Crippen LogP) is 2.53. The molecule has 3 N–H and O–H groups in total. The Hall–Kier alpha value is -1.75. The van der Waals surface area contributed by atoms with E-state index in [4.69, 9.17) is 5.73 Å². The van der Waals surface area contributed by atoms with Crippen LogP contribution in [-0.2, 0) is 16.0 Å². The van der Waals surface area contributed by atoms with Gasteiger partial charge in [0.05, 0.1) is 0 Å². The lowest BCUT2D eigenvalue weighted by Gasteiger charge is -2.20. The Kier molecular flexibility index (Phi) is 9.23. The van der Waals surface area contributed by atoms with Crippen molar-refractivity contribution in [3.63, 3.8) is 0 Å². The van der Waals surface area contributed by atoms with Gasteiger partial charge in [-0.3, -0.25) is 9.59 Å². The van der Waals surface area contributed by atoms with Gasteiger partial charge < -0.3 is 16.0 Å². The highest BCUT2D eigenvalue weighted by molar-refractivity contribution is 5.85. The summed E-state index contributed by atoms with van der Waals surface area (Å²) >= 11 is 0. The molecule has 1 aliphatic rings. The molecule has 5 nitrogen and oxygen atoms in total. The maximum Gasteiger partial charge on any atom is 0.224 e. The zero-order valence-electron chi connectivity index (χ0n) is 14.1. The van der Waals surface area contributed by atoms with E-state index in [1.54, 1.807) is 0 Å². The summed E-state index contributed by atoms with van der Waals surface area (Å²) in [5.41, 5.74) is 7.57. The van der Waals surface area contributed by atoms with E-state index in [1.807, 2.05) is 29.2 Å². The van der Waals surface area contributed by atoms with E-state index >= 15 is 0 Å². The van der Waals surface area contributed by atoms with Crippen LogP contribution in [-0.4, -0.2) is 36.3 Å². The van der Waals surface area contributed by atoms with E-state index in [-0.39, 0.29) is 24.2 Å². The van der Waals surface area contributed by atoms with Crippen molar-refractivity contribution in [1.82, 2.24) is 10.2 Å². The number of nitrogens with two attached hydrogens (primary N) is 1. The molecular weight excluding hydrogens is 326 g/mol. The number of amides is 2. The number of para-hydroxylation sites is 1. The van der Waals surface area contributed by atoms with E-state index in [1.165, 1.54) is 12.8 Å². The van der Waals surface area contributed by atoms with Crippen molar-refractivity contribution in [2.45, 2.75) is 44.9 Å². The summed E-state index contributed by atoms with van der Waals surface area (Å²) in [6, 6.07) is 7.58. The number of carbonyl (C=O) groups is 2. The highest BCUT2D eigenvalue weighted by atomic mass is 35.5. The highest BCUT2D eigenvalue weighted by Crippen LogP contribution is 2.12. The van der Waals surface area contributed by atoms with Crippen LogP contribution in [0.15, 0.2) is 24.3 Å². The summed E-state index contributed by atoms with van der Waals surface area (Å²) < 4.78 is 0. The molecule has 1 aromatic rings. The Morgan fingerprint density at radius 3 is 2.38 bits per heavy atom. The van der Waals surface area contributed by atoms with Gasteiger partial charge in [-0.15, -0.1) is 12.4 Å². The molecule has 1 aromatic carbocycles. The Labute approximate surface area is 150 Å². The number of nitrogens with zero attached hydrogens (tertiary/aromatic N) is 1. The fraction of sp³-hybridized carbons (Fsp3) is 0.556. The molecule has 1 aliphatic heterocycles. The number of benzene rings is 1.